The molecule has 112 valence electrons. The molecule has 0 unspecified atom stereocenters. The number of furan rings is 1. The normalized spacial score (nSPS) is 10.4. The molecule has 8 nitrogen and oxygen atoms in total. The number of nitrogens with two attached hydrogens (primary N) is 1. The molecule has 2 aromatic heterocycles. The van der Waals surface area contributed by atoms with Crippen LogP contribution in [-0.4, -0.2) is 28.7 Å². The van der Waals surface area contributed by atoms with Crippen LogP contribution in [0.4, 0.5) is 11.0 Å². The van der Waals surface area contributed by atoms with Gasteiger partial charge in [-0.3, -0.25) is 10.1 Å². The van der Waals surface area contributed by atoms with E-state index in [9.17, 15) is 9.59 Å². The first-order chi connectivity index (χ1) is 9.93. The zero-order valence-electron chi connectivity index (χ0n) is 11.7. The summed E-state index contributed by atoms with van der Waals surface area (Å²) in [4.78, 5) is 23.6. The van der Waals surface area contributed by atoms with Crippen LogP contribution in [0.1, 0.15) is 38.4 Å². The summed E-state index contributed by atoms with van der Waals surface area (Å²) in [6.45, 7) is 5.19. The lowest BCUT2D eigenvalue weighted by Gasteiger charge is -2.02. The molecule has 0 aromatic carbocycles. The third kappa shape index (κ3) is 3.02. The molecule has 2 heterocycles. The van der Waals surface area contributed by atoms with Crippen molar-refractivity contribution in [1.29, 1.82) is 0 Å². The lowest BCUT2D eigenvalue weighted by atomic mass is 10.1. The molecule has 0 atom stereocenters. The number of nitrogens with zero attached hydrogens (tertiary/aromatic N) is 2. The van der Waals surface area contributed by atoms with Gasteiger partial charge in [0.05, 0.1) is 6.61 Å². The molecule has 0 spiro atoms. The number of carbonyl (C=O) groups excluding carboxylic acids is 2. The molecule has 21 heavy (non-hydrogen) atoms. The Balaban J connectivity index is 2.44. The first-order valence-corrected chi connectivity index (χ1v) is 6.93. The summed E-state index contributed by atoms with van der Waals surface area (Å²) in [5.74, 6) is -1.15. The molecule has 0 aliphatic carbocycles. The van der Waals surface area contributed by atoms with Crippen molar-refractivity contribution in [2.24, 2.45) is 5.73 Å². The maximum Gasteiger partial charge on any atom is 0.342 e. The summed E-state index contributed by atoms with van der Waals surface area (Å²) in [6, 6.07) is 0. The number of esters is 1. The van der Waals surface area contributed by atoms with Gasteiger partial charge in [-0.2, -0.15) is 0 Å². The predicted octanol–water partition coefficient (Wildman–Crippen LogP) is 1.77. The van der Waals surface area contributed by atoms with Gasteiger partial charge in [0.2, 0.25) is 11.0 Å². The summed E-state index contributed by atoms with van der Waals surface area (Å²) in [6.07, 6.45) is 0. The molecule has 2 aromatic rings. The van der Waals surface area contributed by atoms with Crippen molar-refractivity contribution in [2.75, 3.05) is 11.9 Å². The monoisotopic (exact) mass is 310 g/mol. The van der Waals surface area contributed by atoms with Crippen LogP contribution in [0.3, 0.4) is 0 Å². The molecule has 0 aliphatic rings. The average molecular weight is 310 g/mol. The van der Waals surface area contributed by atoms with Crippen LogP contribution < -0.4 is 11.1 Å². The lowest BCUT2D eigenvalue weighted by Crippen LogP contribution is -2.17. The molecule has 0 aliphatic heterocycles. The van der Waals surface area contributed by atoms with Crippen LogP contribution in [0.5, 0.6) is 0 Å². The number of nitrogens with one attached hydrogen (secondary N) is 1. The first kappa shape index (κ1) is 15.0. The van der Waals surface area contributed by atoms with Gasteiger partial charge < -0.3 is 14.9 Å². The van der Waals surface area contributed by atoms with Crippen molar-refractivity contribution in [1.82, 2.24) is 10.2 Å². The Kier molecular flexibility index (Phi) is 4.22. The highest BCUT2D eigenvalue weighted by Gasteiger charge is 2.28. The molecule has 0 bridgehead atoms. The quantitative estimate of drug-likeness (QED) is 0.807. The standard InChI is InChI=1S/C12H14N4O4S/c1-4-19-11(18)7-5(2)20-10(8(7)9(13)17)14-12-16-15-6(3)21-12/h4H2,1-3H3,(H2,13,17)(H,14,16). The Morgan fingerprint density at radius 3 is 2.57 bits per heavy atom. The summed E-state index contributed by atoms with van der Waals surface area (Å²) < 4.78 is 10.3. The number of primary amides is 1. The van der Waals surface area contributed by atoms with E-state index in [0.29, 0.717) is 5.13 Å². The van der Waals surface area contributed by atoms with E-state index in [4.69, 9.17) is 14.9 Å². The minimum absolute atomic E-state index is 0.0214. The van der Waals surface area contributed by atoms with E-state index >= 15 is 0 Å². The third-order valence-electron chi connectivity index (χ3n) is 2.56. The molecule has 0 saturated heterocycles. The minimum Gasteiger partial charge on any atom is -0.462 e. The molecule has 1 amide bonds. The molecule has 0 saturated carbocycles. The fourth-order valence-corrected chi connectivity index (χ4v) is 2.35. The molecular formula is C12H14N4O4S. The van der Waals surface area contributed by atoms with Crippen LogP contribution >= 0.6 is 11.3 Å². The summed E-state index contributed by atoms with van der Waals surface area (Å²) in [5, 5.41) is 11.7. The Hall–Kier alpha value is -2.42. The number of aromatic nitrogens is 2. The number of ether oxygens (including phenoxy) is 1. The van der Waals surface area contributed by atoms with E-state index in [1.165, 1.54) is 11.3 Å². The minimum atomic E-state index is -0.793. The highest BCUT2D eigenvalue weighted by atomic mass is 32.1. The molecular weight excluding hydrogens is 296 g/mol. The second kappa shape index (κ2) is 5.92. The largest absolute Gasteiger partial charge is 0.462 e. The second-order valence-corrected chi connectivity index (χ2v) is 5.25. The number of rotatable bonds is 5. The lowest BCUT2D eigenvalue weighted by molar-refractivity contribution is 0.0521. The molecule has 3 N–H and O–H groups in total. The Morgan fingerprint density at radius 2 is 2.05 bits per heavy atom. The smallest absolute Gasteiger partial charge is 0.342 e. The van der Waals surface area contributed by atoms with E-state index in [1.54, 1.807) is 20.8 Å². The van der Waals surface area contributed by atoms with E-state index < -0.39 is 11.9 Å². The fourth-order valence-electron chi connectivity index (χ4n) is 1.76. The average Bonchev–Trinajstić information content (AvgIpc) is 2.93. The van der Waals surface area contributed by atoms with Gasteiger partial charge in [0.25, 0.3) is 5.91 Å². The maximum absolute atomic E-state index is 11.9. The van der Waals surface area contributed by atoms with E-state index in [2.05, 4.69) is 15.5 Å². The van der Waals surface area contributed by atoms with Crippen LogP contribution in [0.15, 0.2) is 4.42 Å². The summed E-state index contributed by atoms with van der Waals surface area (Å²) in [7, 11) is 0. The number of carbonyl (C=O) groups is 2. The van der Waals surface area contributed by atoms with Crippen LogP contribution in [0.25, 0.3) is 0 Å². The van der Waals surface area contributed by atoms with Gasteiger partial charge in [-0.25, -0.2) is 4.79 Å². The fraction of sp³-hybridized carbons (Fsp3) is 0.333. The van der Waals surface area contributed by atoms with Crippen LogP contribution in [0, 0.1) is 13.8 Å². The van der Waals surface area contributed by atoms with Gasteiger partial charge in [0, 0.05) is 0 Å². The second-order valence-electron chi connectivity index (χ2n) is 4.07. The van der Waals surface area contributed by atoms with Crippen molar-refractivity contribution in [3.05, 3.63) is 21.9 Å². The van der Waals surface area contributed by atoms with Gasteiger partial charge in [0.15, 0.2) is 0 Å². The molecule has 9 heteroatoms. The Morgan fingerprint density at radius 1 is 1.33 bits per heavy atom. The van der Waals surface area contributed by atoms with Crippen molar-refractivity contribution < 1.29 is 18.7 Å². The maximum atomic E-state index is 11.9. The molecule has 0 radical (unpaired) electrons. The van der Waals surface area contributed by atoms with Crippen molar-refractivity contribution in [2.45, 2.75) is 20.8 Å². The van der Waals surface area contributed by atoms with Crippen molar-refractivity contribution >= 4 is 34.2 Å². The van der Waals surface area contributed by atoms with Crippen LogP contribution in [-0.2, 0) is 4.74 Å². The van der Waals surface area contributed by atoms with Gasteiger partial charge in [-0.05, 0) is 20.8 Å². The van der Waals surface area contributed by atoms with E-state index in [-0.39, 0.29) is 29.4 Å². The number of anilines is 2. The van der Waals surface area contributed by atoms with E-state index in [1.807, 2.05) is 0 Å². The van der Waals surface area contributed by atoms with Crippen molar-refractivity contribution in [3.8, 4) is 0 Å². The Labute approximate surface area is 124 Å². The van der Waals surface area contributed by atoms with Gasteiger partial charge in [-0.15, -0.1) is 10.2 Å². The topological polar surface area (TPSA) is 120 Å². The zero-order chi connectivity index (χ0) is 15.6. The third-order valence-corrected chi connectivity index (χ3v) is 3.31. The molecule has 2 rings (SSSR count). The van der Waals surface area contributed by atoms with Crippen molar-refractivity contribution in [3.63, 3.8) is 0 Å². The number of aryl methyl sites for hydroxylation is 2. The van der Waals surface area contributed by atoms with Crippen LogP contribution in [0.2, 0.25) is 0 Å². The first-order valence-electron chi connectivity index (χ1n) is 6.11. The highest BCUT2D eigenvalue weighted by molar-refractivity contribution is 7.15. The number of amides is 1. The zero-order valence-corrected chi connectivity index (χ0v) is 12.5. The Bertz CT molecular complexity index is 691. The SMILES string of the molecule is CCOC(=O)c1c(C)oc(Nc2nnc(C)s2)c1C(N)=O. The number of hydrogen-bond donors (Lipinski definition) is 2. The predicted molar refractivity (Wildman–Crippen MR) is 75.8 cm³/mol. The van der Waals surface area contributed by atoms with Gasteiger partial charge >= 0.3 is 5.97 Å². The number of hydrogen-bond acceptors (Lipinski definition) is 8. The summed E-state index contributed by atoms with van der Waals surface area (Å²) >= 11 is 1.28. The van der Waals surface area contributed by atoms with E-state index in [0.717, 1.165) is 5.01 Å². The van der Waals surface area contributed by atoms with Gasteiger partial charge in [0.1, 0.15) is 21.9 Å². The van der Waals surface area contributed by atoms with Gasteiger partial charge in [-0.1, -0.05) is 11.3 Å². The highest BCUT2D eigenvalue weighted by Crippen LogP contribution is 2.30. The molecule has 0 fully saturated rings. The summed E-state index contributed by atoms with van der Waals surface area (Å²) in [5.41, 5.74) is 5.31.